The molecule has 0 saturated heterocycles. The molecule has 0 aromatic carbocycles. The summed E-state index contributed by atoms with van der Waals surface area (Å²) in [6, 6.07) is 0. The van der Waals surface area contributed by atoms with Crippen LogP contribution in [0.3, 0.4) is 0 Å². The Morgan fingerprint density at radius 1 is 1.37 bits per heavy atom. The van der Waals surface area contributed by atoms with Gasteiger partial charge in [-0.2, -0.15) is 0 Å². The normalized spacial score (nSPS) is 26.1. The number of hydrogen-bond acceptors (Lipinski definition) is 9. The van der Waals surface area contributed by atoms with Gasteiger partial charge in [0.1, 0.15) is 12.2 Å². The Balaban J connectivity index is 3.39. The number of carbonyl (C=O) groups excluding carboxylic acids is 2. The third-order valence-electron chi connectivity index (χ3n) is 2.69. The summed E-state index contributed by atoms with van der Waals surface area (Å²) in [7, 11) is 0.991. The van der Waals surface area contributed by atoms with Crippen LogP contribution in [0.15, 0.2) is 11.5 Å². The lowest BCUT2D eigenvalue weighted by Gasteiger charge is -2.32. The summed E-state index contributed by atoms with van der Waals surface area (Å²) in [6.45, 7) is -2.02. The molecule has 19 heavy (non-hydrogen) atoms. The number of esters is 1. The number of rotatable bonds is 6. The van der Waals surface area contributed by atoms with E-state index < -0.39 is 54.3 Å². The second-order valence-electron chi connectivity index (χ2n) is 3.77. The molecular formula is C10H14O9. The van der Waals surface area contributed by atoms with Gasteiger partial charge in [0, 0.05) is 0 Å². The van der Waals surface area contributed by atoms with Crippen LogP contribution in [-0.4, -0.2) is 75.4 Å². The molecule has 9 nitrogen and oxygen atoms in total. The summed E-state index contributed by atoms with van der Waals surface area (Å²) in [5.41, 5.74) is -2.59. The minimum Gasteiger partial charge on any atom is -0.499 e. The fraction of sp³-hybridized carbons (Fsp3) is 0.600. The number of ketones is 1. The summed E-state index contributed by atoms with van der Waals surface area (Å²) in [4.78, 5) is 23.3. The van der Waals surface area contributed by atoms with E-state index in [0.29, 0.717) is 0 Å². The number of Topliss-reactive ketones (excluding diaryl/α,β-unsaturated/α-hetero) is 1. The van der Waals surface area contributed by atoms with E-state index in [-0.39, 0.29) is 0 Å². The van der Waals surface area contributed by atoms with Gasteiger partial charge in [0.2, 0.25) is 11.5 Å². The first-order valence-electron chi connectivity index (χ1n) is 5.20. The van der Waals surface area contributed by atoms with E-state index in [4.69, 9.17) is 10.2 Å². The molecule has 5 N–H and O–H groups in total. The number of methoxy groups -OCH3 is 1. The van der Waals surface area contributed by atoms with Crippen LogP contribution in [-0.2, 0) is 19.1 Å². The van der Waals surface area contributed by atoms with Crippen molar-refractivity contribution < 1.29 is 44.6 Å². The van der Waals surface area contributed by atoms with Gasteiger partial charge in [0.25, 0.3) is 5.60 Å². The summed E-state index contributed by atoms with van der Waals surface area (Å²) in [5, 5.41) is 46.2. The van der Waals surface area contributed by atoms with E-state index in [1.165, 1.54) is 0 Å². The van der Waals surface area contributed by atoms with E-state index in [1.807, 2.05) is 0 Å². The Morgan fingerprint density at radius 2 is 1.95 bits per heavy atom. The lowest BCUT2D eigenvalue weighted by atomic mass is 9.87. The predicted octanol–water partition coefficient (Wildman–Crippen LogP) is -3.03. The number of aliphatic hydroxyl groups is 5. The number of hydrogen-bond donors (Lipinski definition) is 5. The van der Waals surface area contributed by atoms with Gasteiger partial charge >= 0.3 is 5.97 Å². The van der Waals surface area contributed by atoms with Gasteiger partial charge in [-0.3, -0.25) is 4.79 Å². The number of ether oxygens (including phenoxy) is 2. The maximum atomic E-state index is 12.0. The minimum absolute atomic E-state index is 0.739. The van der Waals surface area contributed by atoms with Crippen molar-refractivity contribution in [2.24, 2.45) is 0 Å². The zero-order valence-electron chi connectivity index (χ0n) is 9.94. The Morgan fingerprint density at radius 3 is 2.37 bits per heavy atom. The Labute approximate surface area is 107 Å². The van der Waals surface area contributed by atoms with Crippen molar-refractivity contribution in [3.63, 3.8) is 0 Å². The van der Waals surface area contributed by atoms with Crippen molar-refractivity contribution >= 4 is 11.8 Å². The molecular weight excluding hydrogens is 264 g/mol. The predicted molar refractivity (Wildman–Crippen MR) is 56.7 cm³/mol. The quantitative estimate of drug-likeness (QED) is 0.319. The molecule has 0 spiro atoms. The molecule has 0 fully saturated rings. The molecule has 0 aliphatic carbocycles. The molecule has 108 valence electrons. The van der Waals surface area contributed by atoms with E-state index >= 15 is 0 Å². The first kappa shape index (κ1) is 15.4. The highest BCUT2D eigenvalue weighted by Gasteiger charge is 2.61. The van der Waals surface area contributed by atoms with Crippen LogP contribution in [0, 0.1) is 0 Å². The summed E-state index contributed by atoms with van der Waals surface area (Å²) in [6.07, 6.45) is -3.98. The Hall–Kier alpha value is -1.68. The van der Waals surface area contributed by atoms with Crippen molar-refractivity contribution in [3.8, 4) is 0 Å². The van der Waals surface area contributed by atoms with Crippen molar-refractivity contribution in [2.75, 3.05) is 20.3 Å². The maximum absolute atomic E-state index is 12.0. The zero-order valence-corrected chi connectivity index (χ0v) is 9.94. The van der Waals surface area contributed by atoms with E-state index in [1.54, 1.807) is 0 Å². The Bertz CT molecular complexity index is 415. The molecule has 1 aliphatic heterocycles. The number of cyclic esters (lactones) is 1. The topological polar surface area (TPSA) is 154 Å². The smallest absolute Gasteiger partial charge is 0.378 e. The summed E-state index contributed by atoms with van der Waals surface area (Å²) < 4.78 is 9.23. The molecule has 1 aliphatic rings. The first-order chi connectivity index (χ1) is 8.86. The molecule has 1 unspecified atom stereocenters. The molecule has 0 amide bonds. The molecule has 9 heteroatoms. The van der Waals surface area contributed by atoms with E-state index in [2.05, 4.69) is 9.47 Å². The fourth-order valence-electron chi connectivity index (χ4n) is 1.76. The average molecular weight is 278 g/mol. The molecule has 0 radical (unpaired) electrons. The van der Waals surface area contributed by atoms with Crippen LogP contribution in [0.4, 0.5) is 0 Å². The monoisotopic (exact) mass is 278 g/mol. The van der Waals surface area contributed by atoms with Gasteiger partial charge in [0.15, 0.2) is 5.76 Å². The van der Waals surface area contributed by atoms with Crippen molar-refractivity contribution in [1.82, 2.24) is 0 Å². The average Bonchev–Trinajstić information content (AvgIpc) is 2.68. The van der Waals surface area contributed by atoms with Gasteiger partial charge in [-0.1, -0.05) is 0 Å². The lowest BCUT2D eigenvalue weighted by molar-refractivity contribution is -0.179. The van der Waals surface area contributed by atoms with Crippen molar-refractivity contribution in [1.29, 1.82) is 0 Å². The van der Waals surface area contributed by atoms with Crippen LogP contribution in [0.25, 0.3) is 0 Å². The molecule has 0 aromatic heterocycles. The number of carbonyl (C=O) groups is 2. The van der Waals surface area contributed by atoms with Gasteiger partial charge in [-0.15, -0.1) is 0 Å². The molecule has 1 rings (SSSR count). The lowest BCUT2D eigenvalue weighted by Crippen LogP contribution is -2.57. The molecule has 3 atom stereocenters. The fourth-order valence-corrected chi connectivity index (χ4v) is 1.76. The zero-order chi connectivity index (χ0) is 14.8. The van der Waals surface area contributed by atoms with Crippen LogP contribution in [0.1, 0.15) is 0 Å². The van der Waals surface area contributed by atoms with Crippen LogP contribution >= 0.6 is 0 Å². The molecule has 0 saturated carbocycles. The van der Waals surface area contributed by atoms with Gasteiger partial charge in [-0.05, 0) is 0 Å². The van der Waals surface area contributed by atoms with Gasteiger partial charge in [-0.25, -0.2) is 4.79 Å². The molecule has 0 bridgehead atoms. The minimum atomic E-state index is -2.59. The Kier molecular flexibility index (Phi) is 4.48. The second kappa shape index (κ2) is 5.53. The second-order valence-corrected chi connectivity index (χ2v) is 3.77. The third-order valence-corrected chi connectivity index (χ3v) is 2.69. The van der Waals surface area contributed by atoms with Crippen molar-refractivity contribution in [3.05, 3.63) is 11.5 Å². The standard InChI is InChI=1S/C10H14O9/c1-18-8-6(15)9(17)19-10(8,5(14)3-12)7(16)4(13)2-11/h4-5,11-15H,2-3H2,1H3/t4?,5-,10-/m0/s1. The van der Waals surface area contributed by atoms with Gasteiger partial charge < -0.3 is 35.0 Å². The van der Waals surface area contributed by atoms with Crippen molar-refractivity contribution in [2.45, 2.75) is 17.8 Å². The third kappa shape index (κ3) is 2.16. The van der Waals surface area contributed by atoms with E-state index in [0.717, 1.165) is 7.11 Å². The van der Waals surface area contributed by atoms with Crippen LogP contribution in [0.2, 0.25) is 0 Å². The maximum Gasteiger partial charge on any atom is 0.378 e. The van der Waals surface area contributed by atoms with Crippen LogP contribution < -0.4 is 0 Å². The highest BCUT2D eigenvalue weighted by Crippen LogP contribution is 2.37. The van der Waals surface area contributed by atoms with Gasteiger partial charge in [0.05, 0.1) is 20.3 Å². The number of aliphatic hydroxyl groups excluding tert-OH is 5. The largest absolute Gasteiger partial charge is 0.499 e. The first-order valence-corrected chi connectivity index (χ1v) is 5.20. The summed E-state index contributed by atoms with van der Waals surface area (Å²) >= 11 is 0. The van der Waals surface area contributed by atoms with E-state index in [9.17, 15) is 24.9 Å². The molecule has 0 aromatic rings. The molecule has 1 heterocycles. The highest BCUT2D eigenvalue weighted by atomic mass is 16.6. The SMILES string of the molecule is COC1=C(O)C(=O)O[C@]1(C(=O)C(O)CO)[C@@H](O)CO. The summed E-state index contributed by atoms with van der Waals surface area (Å²) in [5.74, 6) is -4.49. The van der Waals surface area contributed by atoms with Crippen LogP contribution in [0.5, 0.6) is 0 Å². The highest BCUT2D eigenvalue weighted by molar-refractivity contribution is 6.03.